The van der Waals surface area contributed by atoms with E-state index in [9.17, 15) is 14.4 Å². The quantitative estimate of drug-likeness (QED) is 0.532. The summed E-state index contributed by atoms with van der Waals surface area (Å²) in [5, 5.41) is 3.45. The Balaban J connectivity index is 1.43. The number of amides is 2. The number of fused-ring (bicyclic) bond motifs is 2. The third-order valence-electron chi connectivity index (χ3n) is 5.67. The Morgan fingerprint density at radius 1 is 1.03 bits per heavy atom. The summed E-state index contributed by atoms with van der Waals surface area (Å²) in [7, 11) is 0. The van der Waals surface area contributed by atoms with E-state index in [2.05, 4.69) is 15.3 Å². The van der Waals surface area contributed by atoms with Crippen molar-refractivity contribution in [1.29, 1.82) is 0 Å². The molecule has 1 aromatic carbocycles. The SMILES string of the molecule is O=C(Nc1ccc2oc(=O)n(CC(=O)N3CCCCC3)c2c1)c1nccc2ncccc12. The van der Waals surface area contributed by atoms with Crippen LogP contribution in [0.25, 0.3) is 22.0 Å². The fourth-order valence-electron chi connectivity index (χ4n) is 4.04. The van der Waals surface area contributed by atoms with Crippen LogP contribution in [-0.4, -0.2) is 44.3 Å². The fourth-order valence-corrected chi connectivity index (χ4v) is 4.04. The molecular formula is C23H21N5O4. The number of pyridine rings is 2. The van der Waals surface area contributed by atoms with Crippen LogP contribution in [0.1, 0.15) is 29.8 Å². The highest BCUT2D eigenvalue weighted by Gasteiger charge is 2.20. The second kappa shape index (κ2) is 8.26. The number of rotatable bonds is 4. The molecule has 0 unspecified atom stereocenters. The topological polar surface area (TPSA) is 110 Å². The lowest BCUT2D eigenvalue weighted by molar-refractivity contribution is -0.132. The molecule has 2 amide bonds. The fraction of sp³-hybridized carbons (Fsp3) is 0.261. The van der Waals surface area contributed by atoms with Crippen LogP contribution in [0.5, 0.6) is 0 Å². The van der Waals surface area contributed by atoms with Crippen LogP contribution in [0.15, 0.2) is 58.0 Å². The summed E-state index contributed by atoms with van der Waals surface area (Å²) >= 11 is 0. The first-order valence-corrected chi connectivity index (χ1v) is 10.5. The Bertz CT molecular complexity index is 1380. The van der Waals surface area contributed by atoms with Gasteiger partial charge in [0.15, 0.2) is 5.58 Å². The summed E-state index contributed by atoms with van der Waals surface area (Å²) in [5.74, 6) is -1.11. The standard InChI is InChI=1S/C23H21N5O4/c29-20(27-11-2-1-3-12-27)14-28-18-13-15(6-7-19(18)32-23(28)31)26-22(30)21-16-5-4-9-24-17(16)8-10-25-21/h4-10,13H,1-3,11-12,14H2,(H,26,30). The number of oxazole rings is 1. The van der Waals surface area contributed by atoms with Gasteiger partial charge in [0.25, 0.3) is 5.91 Å². The van der Waals surface area contributed by atoms with Crippen molar-refractivity contribution in [2.45, 2.75) is 25.8 Å². The summed E-state index contributed by atoms with van der Waals surface area (Å²) in [4.78, 5) is 48.2. The van der Waals surface area contributed by atoms with Gasteiger partial charge in [-0.05, 0) is 55.7 Å². The van der Waals surface area contributed by atoms with Crippen LogP contribution in [0.4, 0.5) is 5.69 Å². The largest absolute Gasteiger partial charge is 0.420 e. The molecule has 1 N–H and O–H groups in total. The Morgan fingerprint density at radius 3 is 2.72 bits per heavy atom. The van der Waals surface area contributed by atoms with E-state index >= 15 is 0 Å². The number of likely N-dealkylation sites (tertiary alicyclic amines) is 1. The molecule has 4 aromatic rings. The molecule has 1 aliphatic heterocycles. The molecule has 0 aliphatic carbocycles. The molecule has 3 aromatic heterocycles. The number of hydrogen-bond donors (Lipinski definition) is 1. The third kappa shape index (κ3) is 3.73. The van der Waals surface area contributed by atoms with E-state index < -0.39 is 11.7 Å². The minimum atomic E-state index is -0.601. The minimum Gasteiger partial charge on any atom is -0.408 e. The van der Waals surface area contributed by atoms with Gasteiger partial charge >= 0.3 is 5.76 Å². The van der Waals surface area contributed by atoms with Gasteiger partial charge in [-0.1, -0.05) is 0 Å². The molecule has 9 nitrogen and oxygen atoms in total. The molecule has 1 aliphatic rings. The Morgan fingerprint density at radius 2 is 1.88 bits per heavy atom. The maximum absolute atomic E-state index is 12.9. The summed E-state index contributed by atoms with van der Waals surface area (Å²) in [5.41, 5.74) is 2.19. The van der Waals surface area contributed by atoms with E-state index in [1.165, 1.54) is 10.8 Å². The van der Waals surface area contributed by atoms with Gasteiger partial charge < -0.3 is 14.6 Å². The van der Waals surface area contributed by atoms with Crippen LogP contribution in [-0.2, 0) is 11.3 Å². The average Bonchev–Trinajstić information content (AvgIpc) is 3.13. The summed E-state index contributed by atoms with van der Waals surface area (Å²) in [6.45, 7) is 1.31. The van der Waals surface area contributed by atoms with Crippen molar-refractivity contribution in [1.82, 2.24) is 19.4 Å². The van der Waals surface area contributed by atoms with Gasteiger partial charge in [0.2, 0.25) is 5.91 Å². The zero-order chi connectivity index (χ0) is 22.1. The predicted octanol–water partition coefficient (Wildman–Crippen LogP) is 2.80. The molecule has 0 saturated carbocycles. The van der Waals surface area contributed by atoms with Crippen LogP contribution in [0.3, 0.4) is 0 Å². The predicted molar refractivity (Wildman–Crippen MR) is 118 cm³/mol. The van der Waals surface area contributed by atoms with E-state index in [-0.39, 0.29) is 18.1 Å². The molecule has 0 bridgehead atoms. The molecule has 1 saturated heterocycles. The number of nitrogens with one attached hydrogen (secondary N) is 1. The monoisotopic (exact) mass is 431 g/mol. The Kier molecular flexibility index (Phi) is 5.14. The van der Waals surface area contributed by atoms with Crippen LogP contribution in [0.2, 0.25) is 0 Å². The van der Waals surface area contributed by atoms with E-state index in [4.69, 9.17) is 4.42 Å². The molecule has 32 heavy (non-hydrogen) atoms. The lowest BCUT2D eigenvalue weighted by atomic mass is 10.1. The summed E-state index contributed by atoms with van der Waals surface area (Å²) < 4.78 is 6.60. The zero-order valence-electron chi connectivity index (χ0n) is 17.3. The lowest BCUT2D eigenvalue weighted by Crippen LogP contribution is -2.39. The molecule has 162 valence electrons. The smallest absolute Gasteiger partial charge is 0.408 e. The highest BCUT2D eigenvalue weighted by molar-refractivity contribution is 6.11. The second-order valence-electron chi connectivity index (χ2n) is 7.76. The first-order chi connectivity index (χ1) is 15.6. The number of benzene rings is 1. The summed E-state index contributed by atoms with van der Waals surface area (Å²) in [6.07, 6.45) is 6.25. The van der Waals surface area contributed by atoms with Crippen molar-refractivity contribution in [2.75, 3.05) is 18.4 Å². The van der Waals surface area contributed by atoms with Crippen molar-refractivity contribution in [2.24, 2.45) is 0 Å². The Hall–Kier alpha value is -4.01. The van der Waals surface area contributed by atoms with Gasteiger partial charge in [-0.15, -0.1) is 0 Å². The van der Waals surface area contributed by atoms with E-state index in [1.807, 2.05) is 0 Å². The van der Waals surface area contributed by atoms with Gasteiger partial charge in [-0.2, -0.15) is 0 Å². The van der Waals surface area contributed by atoms with Crippen molar-refractivity contribution >= 4 is 39.5 Å². The molecule has 9 heteroatoms. The number of nitrogens with zero attached hydrogens (tertiary/aromatic N) is 4. The second-order valence-corrected chi connectivity index (χ2v) is 7.76. The van der Waals surface area contributed by atoms with E-state index in [0.29, 0.717) is 40.8 Å². The van der Waals surface area contributed by atoms with Gasteiger partial charge in [0.05, 0.1) is 11.0 Å². The summed E-state index contributed by atoms with van der Waals surface area (Å²) in [6, 6.07) is 10.1. The van der Waals surface area contributed by atoms with Crippen molar-refractivity contribution in [3.05, 3.63) is 65.0 Å². The van der Waals surface area contributed by atoms with Crippen LogP contribution in [0, 0.1) is 0 Å². The molecule has 0 radical (unpaired) electrons. The van der Waals surface area contributed by atoms with Crippen molar-refractivity contribution in [3.63, 3.8) is 0 Å². The first-order valence-electron chi connectivity index (χ1n) is 10.5. The highest BCUT2D eigenvalue weighted by Crippen LogP contribution is 2.21. The maximum atomic E-state index is 12.9. The highest BCUT2D eigenvalue weighted by atomic mass is 16.4. The van der Waals surface area contributed by atoms with Gasteiger partial charge in [-0.3, -0.25) is 24.1 Å². The number of aromatic nitrogens is 3. The van der Waals surface area contributed by atoms with Gasteiger partial charge in [-0.25, -0.2) is 4.79 Å². The zero-order valence-corrected chi connectivity index (χ0v) is 17.3. The number of hydrogen-bond acceptors (Lipinski definition) is 6. The minimum absolute atomic E-state index is 0.0974. The number of carbonyl (C=O) groups excluding carboxylic acids is 2. The maximum Gasteiger partial charge on any atom is 0.420 e. The van der Waals surface area contributed by atoms with Crippen LogP contribution < -0.4 is 11.1 Å². The van der Waals surface area contributed by atoms with E-state index in [1.54, 1.807) is 47.5 Å². The molecule has 5 rings (SSSR count). The van der Waals surface area contributed by atoms with Gasteiger partial charge in [0.1, 0.15) is 12.2 Å². The van der Waals surface area contributed by atoms with Crippen molar-refractivity contribution in [3.8, 4) is 0 Å². The Labute approximate surface area is 182 Å². The number of piperidine rings is 1. The number of carbonyl (C=O) groups is 2. The molecule has 4 heterocycles. The van der Waals surface area contributed by atoms with E-state index in [0.717, 1.165) is 19.3 Å². The average molecular weight is 431 g/mol. The molecular weight excluding hydrogens is 410 g/mol. The third-order valence-corrected chi connectivity index (χ3v) is 5.67. The normalized spacial score (nSPS) is 14.1. The number of anilines is 1. The van der Waals surface area contributed by atoms with Crippen molar-refractivity contribution < 1.29 is 14.0 Å². The molecule has 0 spiro atoms. The first kappa shape index (κ1) is 19.9. The molecule has 0 atom stereocenters. The van der Waals surface area contributed by atoms with Crippen LogP contribution >= 0.6 is 0 Å². The molecule has 1 fully saturated rings. The lowest BCUT2D eigenvalue weighted by Gasteiger charge is -2.26. The van der Waals surface area contributed by atoms with Gasteiger partial charge in [0, 0.05) is 36.6 Å².